The molecule has 0 aliphatic carbocycles. The van der Waals surface area contributed by atoms with Crippen LogP contribution in [-0.4, -0.2) is 45.1 Å². The zero-order valence-electron chi connectivity index (χ0n) is 13.3. The molecule has 23 heavy (non-hydrogen) atoms. The fourth-order valence-electron chi connectivity index (χ4n) is 2.89. The summed E-state index contributed by atoms with van der Waals surface area (Å²) >= 11 is 0. The van der Waals surface area contributed by atoms with Crippen molar-refractivity contribution in [1.29, 1.82) is 0 Å². The third-order valence-electron chi connectivity index (χ3n) is 4.14. The number of aryl methyl sites for hydroxylation is 1. The summed E-state index contributed by atoms with van der Waals surface area (Å²) in [6, 6.07) is 6.75. The number of halogens is 1. The van der Waals surface area contributed by atoms with Gasteiger partial charge in [0.25, 0.3) is 0 Å². The number of sulfonamides is 1. The molecule has 1 N–H and O–H groups in total. The summed E-state index contributed by atoms with van der Waals surface area (Å²) < 4.78 is 38.0. The quantitative estimate of drug-likeness (QED) is 0.853. The van der Waals surface area contributed by atoms with E-state index in [0.29, 0.717) is 31.0 Å². The molecule has 1 aromatic carbocycles. The van der Waals surface area contributed by atoms with Crippen molar-refractivity contribution < 1.29 is 17.6 Å². The molecule has 128 valence electrons. The molecule has 0 saturated carbocycles. The van der Waals surface area contributed by atoms with Crippen LogP contribution < -0.4 is 4.72 Å². The van der Waals surface area contributed by atoms with Crippen molar-refractivity contribution in [2.24, 2.45) is 5.92 Å². The van der Waals surface area contributed by atoms with Gasteiger partial charge in [-0.15, -0.1) is 0 Å². The number of hydrogen-bond donors (Lipinski definition) is 1. The predicted octanol–water partition coefficient (Wildman–Crippen LogP) is 1.55. The molecule has 5 nitrogen and oxygen atoms in total. The Labute approximate surface area is 136 Å². The lowest BCUT2D eigenvalue weighted by atomic mass is 9.91. The molecule has 0 aromatic heterocycles. The second-order valence-corrected chi connectivity index (χ2v) is 7.90. The number of carbonyl (C=O) groups is 1. The molecule has 1 aromatic rings. The van der Waals surface area contributed by atoms with E-state index in [9.17, 15) is 17.6 Å². The van der Waals surface area contributed by atoms with Gasteiger partial charge in [0.15, 0.2) is 0 Å². The predicted molar refractivity (Wildman–Crippen MR) is 86.9 cm³/mol. The van der Waals surface area contributed by atoms with Gasteiger partial charge in [0.05, 0.1) is 12.8 Å². The van der Waals surface area contributed by atoms with Crippen molar-refractivity contribution >= 4 is 15.9 Å². The van der Waals surface area contributed by atoms with Crippen LogP contribution in [0.25, 0.3) is 0 Å². The summed E-state index contributed by atoms with van der Waals surface area (Å²) in [5.41, 5.74) is 0.703. The van der Waals surface area contributed by atoms with Crippen LogP contribution in [0.4, 0.5) is 4.39 Å². The molecular weight excluding hydrogens is 319 g/mol. The zero-order chi connectivity index (χ0) is 16.9. The minimum absolute atomic E-state index is 0.186. The van der Waals surface area contributed by atoms with Crippen LogP contribution >= 0.6 is 0 Å². The highest BCUT2D eigenvalue weighted by molar-refractivity contribution is 7.88. The van der Waals surface area contributed by atoms with Gasteiger partial charge in [0.2, 0.25) is 15.9 Å². The molecule has 1 saturated heterocycles. The Morgan fingerprint density at radius 1 is 1.39 bits per heavy atom. The number of nitrogens with zero attached hydrogens (tertiary/aromatic N) is 1. The largest absolute Gasteiger partial charge is 0.341 e. The maximum absolute atomic E-state index is 13.6. The lowest BCUT2D eigenvalue weighted by Crippen LogP contribution is -2.45. The molecule has 1 atom stereocenters. The molecule has 0 spiro atoms. The molecule has 1 heterocycles. The Hall–Kier alpha value is -1.47. The second-order valence-electron chi connectivity index (χ2n) is 6.07. The maximum Gasteiger partial charge on any atom is 0.237 e. The number of likely N-dealkylation sites (tertiary alicyclic amines) is 1. The first-order chi connectivity index (χ1) is 10.8. The molecular formula is C16H23FN2O3S. The third kappa shape index (κ3) is 5.91. The van der Waals surface area contributed by atoms with E-state index in [1.807, 2.05) is 6.07 Å². The minimum Gasteiger partial charge on any atom is -0.341 e. The van der Waals surface area contributed by atoms with Gasteiger partial charge < -0.3 is 4.90 Å². The standard InChI is InChI=1S/C16H23FN2O3S/c1-23(21,22)18-11-16(20)19-10-4-5-13(12-19)8-9-14-6-2-3-7-15(14)17/h2-3,6-7,13,18H,4-5,8-12H2,1H3/t13-/m0/s1. The first kappa shape index (κ1) is 17.9. The lowest BCUT2D eigenvalue weighted by molar-refractivity contribution is -0.131. The monoisotopic (exact) mass is 342 g/mol. The van der Waals surface area contributed by atoms with Crippen molar-refractivity contribution in [2.45, 2.75) is 25.7 Å². The van der Waals surface area contributed by atoms with Crippen LogP contribution in [0.15, 0.2) is 24.3 Å². The van der Waals surface area contributed by atoms with Crippen molar-refractivity contribution in [3.8, 4) is 0 Å². The molecule has 7 heteroatoms. The van der Waals surface area contributed by atoms with Gasteiger partial charge in [-0.25, -0.2) is 17.5 Å². The number of carbonyl (C=O) groups excluding carboxylic acids is 1. The van der Waals surface area contributed by atoms with Crippen molar-refractivity contribution in [3.05, 3.63) is 35.6 Å². The smallest absolute Gasteiger partial charge is 0.237 e. The minimum atomic E-state index is -3.36. The lowest BCUT2D eigenvalue weighted by Gasteiger charge is -2.33. The van der Waals surface area contributed by atoms with E-state index >= 15 is 0 Å². The van der Waals surface area contributed by atoms with E-state index in [4.69, 9.17) is 0 Å². The summed E-state index contributed by atoms with van der Waals surface area (Å²) in [6.07, 6.45) is 4.42. The number of piperidine rings is 1. The van der Waals surface area contributed by atoms with Gasteiger partial charge in [0.1, 0.15) is 5.82 Å². The fraction of sp³-hybridized carbons (Fsp3) is 0.562. The van der Waals surface area contributed by atoms with Crippen LogP contribution in [-0.2, 0) is 21.2 Å². The summed E-state index contributed by atoms with van der Waals surface area (Å²) in [4.78, 5) is 13.8. The SMILES string of the molecule is CS(=O)(=O)NCC(=O)N1CCC[C@@H](CCc2ccccc2F)C1. The van der Waals surface area contributed by atoms with Crippen molar-refractivity contribution in [1.82, 2.24) is 9.62 Å². The highest BCUT2D eigenvalue weighted by atomic mass is 32.2. The van der Waals surface area contributed by atoms with E-state index < -0.39 is 10.0 Å². The van der Waals surface area contributed by atoms with Gasteiger partial charge in [-0.1, -0.05) is 18.2 Å². The van der Waals surface area contributed by atoms with Crippen molar-refractivity contribution in [2.75, 3.05) is 25.9 Å². The summed E-state index contributed by atoms with van der Waals surface area (Å²) in [6.45, 7) is 1.07. The third-order valence-corrected chi connectivity index (χ3v) is 4.81. The average molecular weight is 342 g/mol. The van der Waals surface area contributed by atoms with Crippen LogP contribution in [0.3, 0.4) is 0 Å². The molecule has 1 fully saturated rings. The molecule has 1 amide bonds. The highest BCUT2D eigenvalue weighted by Gasteiger charge is 2.24. The average Bonchev–Trinajstić information content (AvgIpc) is 2.51. The number of amides is 1. The second kappa shape index (κ2) is 7.88. The van der Waals surface area contributed by atoms with E-state index in [2.05, 4.69) is 4.72 Å². The highest BCUT2D eigenvalue weighted by Crippen LogP contribution is 2.22. The van der Waals surface area contributed by atoms with E-state index in [-0.39, 0.29) is 18.3 Å². The normalized spacial score (nSPS) is 18.9. The van der Waals surface area contributed by atoms with Crippen LogP contribution in [0, 0.1) is 11.7 Å². The summed E-state index contributed by atoms with van der Waals surface area (Å²) in [7, 11) is -3.36. The van der Waals surface area contributed by atoms with Gasteiger partial charge in [0, 0.05) is 13.1 Å². The molecule has 1 aliphatic rings. The first-order valence-corrected chi connectivity index (χ1v) is 9.70. The Kier molecular flexibility index (Phi) is 6.12. The number of hydrogen-bond acceptors (Lipinski definition) is 3. The van der Waals surface area contributed by atoms with Crippen LogP contribution in [0.1, 0.15) is 24.8 Å². The van der Waals surface area contributed by atoms with Gasteiger partial charge >= 0.3 is 0 Å². The molecule has 1 aliphatic heterocycles. The number of rotatable bonds is 6. The van der Waals surface area contributed by atoms with Crippen LogP contribution in [0.5, 0.6) is 0 Å². The fourth-order valence-corrected chi connectivity index (χ4v) is 3.28. The number of nitrogens with one attached hydrogen (secondary N) is 1. The van der Waals surface area contributed by atoms with E-state index in [1.165, 1.54) is 6.07 Å². The Morgan fingerprint density at radius 3 is 2.83 bits per heavy atom. The van der Waals surface area contributed by atoms with Gasteiger partial charge in [-0.05, 0) is 43.2 Å². The first-order valence-electron chi connectivity index (χ1n) is 7.81. The van der Waals surface area contributed by atoms with E-state index in [1.54, 1.807) is 17.0 Å². The summed E-state index contributed by atoms with van der Waals surface area (Å²) in [5.74, 6) is -0.0647. The van der Waals surface area contributed by atoms with Crippen LogP contribution in [0.2, 0.25) is 0 Å². The molecule has 0 radical (unpaired) electrons. The number of benzene rings is 1. The molecule has 2 rings (SSSR count). The molecule has 0 unspecified atom stereocenters. The Balaban J connectivity index is 1.83. The van der Waals surface area contributed by atoms with Gasteiger partial charge in [-0.3, -0.25) is 4.79 Å². The Bertz CT molecular complexity index is 648. The summed E-state index contributed by atoms with van der Waals surface area (Å²) in [5, 5.41) is 0. The topological polar surface area (TPSA) is 66.5 Å². The zero-order valence-corrected chi connectivity index (χ0v) is 14.1. The van der Waals surface area contributed by atoms with E-state index in [0.717, 1.165) is 25.5 Å². The van der Waals surface area contributed by atoms with Crippen molar-refractivity contribution in [3.63, 3.8) is 0 Å². The van der Waals surface area contributed by atoms with Gasteiger partial charge in [-0.2, -0.15) is 0 Å². The Morgan fingerprint density at radius 2 is 2.13 bits per heavy atom. The molecule has 0 bridgehead atoms. The maximum atomic E-state index is 13.6.